The average molecular weight is 296 g/mol. The minimum atomic E-state index is 0.301. The topological polar surface area (TPSA) is 53.6 Å². The van der Waals surface area contributed by atoms with E-state index in [1.807, 2.05) is 0 Å². The van der Waals surface area contributed by atoms with Gasteiger partial charge in [-0.15, -0.1) is 11.3 Å². The van der Waals surface area contributed by atoms with E-state index in [0.29, 0.717) is 18.5 Å². The maximum absolute atomic E-state index is 5.91. The van der Waals surface area contributed by atoms with Crippen molar-refractivity contribution in [2.24, 2.45) is 10.7 Å². The Hall–Kier alpha value is -1.07. The maximum atomic E-state index is 5.91. The van der Waals surface area contributed by atoms with E-state index in [4.69, 9.17) is 5.73 Å². The van der Waals surface area contributed by atoms with Crippen LogP contribution in [0.5, 0.6) is 0 Å². The lowest BCUT2D eigenvalue weighted by molar-refractivity contribution is 0.310. The molecule has 0 aromatic carbocycles. The molecule has 114 valence electrons. The van der Waals surface area contributed by atoms with Crippen LogP contribution < -0.4 is 11.1 Å². The minimum absolute atomic E-state index is 0.301. The van der Waals surface area contributed by atoms with Gasteiger partial charge < -0.3 is 16.0 Å². The number of thiophene rings is 1. The lowest BCUT2D eigenvalue weighted by atomic mass is 10.2. The minimum Gasteiger partial charge on any atom is -0.370 e. The van der Waals surface area contributed by atoms with Crippen LogP contribution >= 0.6 is 11.3 Å². The summed E-state index contributed by atoms with van der Waals surface area (Å²) in [6.07, 6.45) is 4.97. The van der Waals surface area contributed by atoms with E-state index in [2.05, 4.69) is 53.7 Å². The van der Waals surface area contributed by atoms with Crippen molar-refractivity contribution in [2.45, 2.75) is 38.6 Å². The monoisotopic (exact) mass is 296 g/mol. The molecule has 0 amide bonds. The van der Waals surface area contributed by atoms with E-state index in [1.165, 1.54) is 24.1 Å². The Balaban J connectivity index is 2.35. The Morgan fingerprint density at radius 1 is 1.40 bits per heavy atom. The van der Waals surface area contributed by atoms with Crippen LogP contribution in [0, 0.1) is 0 Å². The molecule has 0 saturated carbocycles. The Bertz CT molecular complexity index is 373. The fourth-order valence-electron chi connectivity index (χ4n) is 2.00. The number of aliphatic imine (C=N–C) groups is 1. The summed E-state index contributed by atoms with van der Waals surface area (Å²) < 4.78 is 0. The lowest BCUT2D eigenvalue weighted by Crippen LogP contribution is -2.33. The second-order valence-corrected chi connectivity index (χ2v) is 6.19. The second-order valence-electron chi connectivity index (χ2n) is 5.21. The number of unbranched alkanes of at least 4 members (excludes halogenated alkanes) is 3. The molecule has 0 radical (unpaired) electrons. The van der Waals surface area contributed by atoms with E-state index >= 15 is 0 Å². The van der Waals surface area contributed by atoms with Gasteiger partial charge in [-0.25, -0.2) is 0 Å². The number of hydrogen-bond donors (Lipinski definition) is 2. The standard InChI is InChI=1S/C15H28N4S/c1-4-5-6-7-10-17-15(16)18-12-13(19(2)3)14-9-8-11-20-14/h8-9,11,13H,4-7,10,12H2,1-3H3,(H3,16,17,18). The number of guanidine groups is 1. The molecular weight excluding hydrogens is 268 g/mol. The van der Waals surface area contributed by atoms with Crippen LogP contribution in [0.4, 0.5) is 0 Å². The van der Waals surface area contributed by atoms with E-state index < -0.39 is 0 Å². The van der Waals surface area contributed by atoms with Gasteiger partial charge >= 0.3 is 0 Å². The number of rotatable bonds is 9. The molecule has 3 N–H and O–H groups in total. The highest BCUT2D eigenvalue weighted by molar-refractivity contribution is 7.10. The summed E-state index contributed by atoms with van der Waals surface area (Å²) in [4.78, 5) is 7.98. The molecule has 1 unspecified atom stereocenters. The number of likely N-dealkylation sites (N-methyl/N-ethyl adjacent to an activating group) is 1. The Kier molecular flexibility index (Phi) is 8.30. The van der Waals surface area contributed by atoms with Crippen LogP contribution in [0.25, 0.3) is 0 Å². The fourth-order valence-corrected chi connectivity index (χ4v) is 2.91. The smallest absolute Gasteiger partial charge is 0.188 e. The van der Waals surface area contributed by atoms with Gasteiger partial charge in [-0.1, -0.05) is 32.3 Å². The first-order valence-electron chi connectivity index (χ1n) is 7.38. The Morgan fingerprint density at radius 2 is 2.20 bits per heavy atom. The van der Waals surface area contributed by atoms with Crippen molar-refractivity contribution in [2.75, 3.05) is 27.2 Å². The summed E-state index contributed by atoms with van der Waals surface area (Å²) in [6.45, 7) is 3.83. The van der Waals surface area contributed by atoms with Crippen molar-refractivity contribution in [1.82, 2.24) is 10.2 Å². The molecule has 5 heteroatoms. The second kappa shape index (κ2) is 9.77. The molecule has 0 aliphatic heterocycles. The highest BCUT2D eigenvalue weighted by Crippen LogP contribution is 2.23. The van der Waals surface area contributed by atoms with Crippen molar-refractivity contribution in [1.29, 1.82) is 0 Å². The third-order valence-electron chi connectivity index (χ3n) is 3.27. The van der Waals surface area contributed by atoms with Crippen LogP contribution in [0.15, 0.2) is 22.5 Å². The van der Waals surface area contributed by atoms with Gasteiger partial charge in [-0.2, -0.15) is 0 Å². The molecule has 1 aromatic rings. The zero-order valence-corrected chi connectivity index (χ0v) is 13.7. The van der Waals surface area contributed by atoms with Crippen molar-refractivity contribution >= 4 is 17.3 Å². The maximum Gasteiger partial charge on any atom is 0.188 e. The molecule has 1 aromatic heterocycles. The van der Waals surface area contributed by atoms with Crippen LogP contribution in [0.2, 0.25) is 0 Å². The zero-order chi connectivity index (χ0) is 14.8. The summed E-state index contributed by atoms with van der Waals surface area (Å²) in [5.41, 5.74) is 5.91. The third-order valence-corrected chi connectivity index (χ3v) is 4.24. The summed E-state index contributed by atoms with van der Waals surface area (Å²) in [5, 5.41) is 5.30. The fraction of sp³-hybridized carbons (Fsp3) is 0.667. The molecule has 4 nitrogen and oxygen atoms in total. The Morgan fingerprint density at radius 3 is 2.80 bits per heavy atom. The molecule has 0 fully saturated rings. The van der Waals surface area contributed by atoms with Crippen molar-refractivity contribution in [3.8, 4) is 0 Å². The lowest BCUT2D eigenvalue weighted by Gasteiger charge is -2.21. The van der Waals surface area contributed by atoms with Gasteiger partial charge in [0.2, 0.25) is 0 Å². The first-order chi connectivity index (χ1) is 9.65. The van der Waals surface area contributed by atoms with E-state index in [-0.39, 0.29) is 0 Å². The highest BCUT2D eigenvalue weighted by atomic mass is 32.1. The van der Waals surface area contributed by atoms with Crippen LogP contribution in [-0.2, 0) is 0 Å². The van der Waals surface area contributed by atoms with Crippen LogP contribution in [0.1, 0.15) is 43.5 Å². The molecule has 0 aliphatic rings. The van der Waals surface area contributed by atoms with E-state index in [0.717, 1.165) is 13.0 Å². The molecule has 20 heavy (non-hydrogen) atoms. The third kappa shape index (κ3) is 6.39. The van der Waals surface area contributed by atoms with Gasteiger partial charge in [0.05, 0.1) is 12.6 Å². The first kappa shape index (κ1) is 17.0. The van der Waals surface area contributed by atoms with Gasteiger partial charge in [0.1, 0.15) is 0 Å². The van der Waals surface area contributed by atoms with E-state index in [9.17, 15) is 0 Å². The molecule has 1 rings (SSSR count). The van der Waals surface area contributed by atoms with Gasteiger partial charge in [-0.3, -0.25) is 4.99 Å². The predicted molar refractivity (Wildman–Crippen MR) is 89.4 cm³/mol. The largest absolute Gasteiger partial charge is 0.370 e. The molecule has 0 bridgehead atoms. The normalized spacial score (nSPS) is 13.7. The predicted octanol–water partition coefficient (Wildman–Crippen LogP) is 2.84. The highest BCUT2D eigenvalue weighted by Gasteiger charge is 2.14. The van der Waals surface area contributed by atoms with Gasteiger partial charge in [0.15, 0.2) is 5.96 Å². The van der Waals surface area contributed by atoms with Crippen LogP contribution in [-0.4, -0.2) is 38.0 Å². The number of nitrogens with zero attached hydrogens (tertiary/aromatic N) is 2. The quantitative estimate of drug-likeness (QED) is 0.418. The molecule has 1 atom stereocenters. The summed E-state index contributed by atoms with van der Waals surface area (Å²) >= 11 is 1.77. The number of nitrogens with two attached hydrogens (primary N) is 1. The van der Waals surface area contributed by atoms with Gasteiger partial charge in [0.25, 0.3) is 0 Å². The number of nitrogens with one attached hydrogen (secondary N) is 1. The van der Waals surface area contributed by atoms with Crippen molar-refractivity contribution < 1.29 is 0 Å². The van der Waals surface area contributed by atoms with E-state index in [1.54, 1.807) is 11.3 Å². The molecule has 0 spiro atoms. The summed E-state index contributed by atoms with van der Waals surface area (Å²) in [6, 6.07) is 4.53. The van der Waals surface area contributed by atoms with Crippen LogP contribution in [0.3, 0.4) is 0 Å². The molecule has 0 saturated heterocycles. The first-order valence-corrected chi connectivity index (χ1v) is 8.26. The summed E-state index contributed by atoms with van der Waals surface area (Å²) in [7, 11) is 4.16. The average Bonchev–Trinajstić information content (AvgIpc) is 2.92. The van der Waals surface area contributed by atoms with Crippen molar-refractivity contribution in [3.05, 3.63) is 22.4 Å². The van der Waals surface area contributed by atoms with Gasteiger partial charge in [-0.05, 0) is 32.0 Å². The number of hydrogen-bond acceptors (Lipinski definition) is 3. The van der Waals surface area contributed by atoms with Gasteiger partial charge in [0, 0.05) is 11.4 Å². The molecule has 0 aliphatic carbocycles. The molecular formula is C15H28N4S. The SMILES string of the molecule is CCCCCCNC(N)=NCC(c1cccs1)N(C)C. The molecule has 1 heterocycles. The summed E-state index contributed by atoms with van der Waals surface area (Å²) in [5.74, 6) is 0.560. The Labute approximate surface area is 127 Å². The zero-order valence-electron chi connectivity index (χ0n) is 12.9. The van der Waals surface area contributed by atoms with Crippen molar-refractivity contribution in [3.63, 3.8) is 0 Å².